The van der Waals surface area contributed by atoms with Crippen LogP contribution in [0.25, 0.3) is 0 Å². The summed E-state index contributed by atoms with van der Waals surface area (Å²) in [6.45, 7) is 0. The molecular formula is C9H13NO4S. The van der Waals surface area contributed by atoms with Crippen LogP contribution in [0.3, 0.4) is 0 Å². The van der Waals surface area contributed by atoms with E-state index in [2.05, 4.69) is 4.18 Å². The van der Waals surface area contributed by atoms with Crippen molar-refractivity contribution < 1.29 is 17.3 Å². The lowest BCUT2D eigenvalue weighted by molar-refractivity contribution is 0.392. The first-order valence-electron chi connectivity index (χ1n) is 4.19. The molecule has 0 saturated heterocycles. The predicted molar refractivity (Wildman–Crippen MR) is 57.0 cm³/mol. The van der Waals surface area contributed by atoms with Gasteiger partial charge in [0.15, 0.2) is 0 Å². The average molecular weight is 231 g/mol. The van der Waals surface area contributed by atoms with Gasteiger partial charge in [0.2, 0.25) is 0 Å². The Morgan fingerprint density at radius 1 is 1.33 bits per heavy atom. The highest BCUT2D eigenvalue weighted by atomic mass is 32.2. The number of benzene rings is 1. The maximum Gasteiger partial charge on any atom is 0.271 e. The lowest BCUT2D eigenvalue weighted by Crippen LogP contribution is -2.07. The number of ether oxygens (including phenoxy) is 1. The summed E-state index contributed by atoms with van der Waals surface area (Å²) < 4.78 is 31.8. The van der Waals surface area contributed by atoms with E-state index in [4.69, 9.17) is 10.5 Å². The second-order valence-corrected chi connectivity index (χ2v) is 4.68. The van der Waals surface area contributed by atoms with Gasteiger partial charge in [-0.25, -0.2) is 0 Å². The fraction of sp³-hybridized carbons (Fsp3) is 0.333. The highest BCUT2D eigenvalue weighted by molar-refractivity contribution is 7.85. The van der Waals surface area contributed by atoms with Crippen LogP contribution in [-0.2, 0) is 20.1 Å². The Morgan fingerprint density at radius 3 is 2.53 bits per heavy atom. The van der Waals surface area contributed by atoms with Crippen LogP contribution < -0.4 is 10.5 Å². The molecule has 0 aliphatic rings. The molecule has 2 N–H and O–H groups in total. The van der Waals surface area contributed by atoms with Gasteiger partial charge in [0.1, 0.15) is 11.5 Å². The molecule has 0 spiro atoms. The van der Waals surface area contributed by atoms with Crippen LogP contribution >= 0.6 is 0 Å². The Hall–Kier alpha value is -1.27. The van der Waals surface area contributed by atoms with E-state index in [9.17, 15) is 8.42 Å². The van der Waals surface area contributed by atoms with Gasteiger partial charge in [0, 0.05) is 11.3 Å². The molecule has 0 heterocycles. The predicted octanol–water partition coefficient (Wildman–Crippen LogP) is 0.754. The summed E-state index contributed by atoms with van der Waals surface area (Å²) in [6.07, 6.45) is 0. The first kappa shape index (κ1) is 11.8. The van der Waals surface area contributed by atoms with E-state index in [-0.39, 0.29) is 5.75 Å². The number of anilines is 1. The number of nitrogens with two attached hydrogens (primary N) is 1. The molecule has 84 valence electrons. The van der Waals surface area contributed by atoms with Crippen LogP contribution in [0.4, 0.5) is 5.69 Å². The fourth-order valence-corrected chi connectivity index (χ4v) is 1.89. The molecule has 1 aromatic carbocycles. The van der Waals surface area contributed by atoms with Crippen LogP contribution in [0.1, 0.15) is 5.56 Å². The second kappa shape index (κ2) is 4.50. The number of nitrogen functional groups attached to an aromatic ring is 1. The van der Waals surface area contributed by atoms with Gasteiger partial charge in [0.05, 0.1) is 14.2 Å². The molecule has 5 nitrogen and oxygen atoms in total. The van der Waals surface area contributed by atoms with Crippen molar-refractivity contribution >= 4 is 15.8 Å². The Bertz CT molecular complexity index is 441. The van der Waals surface area contributed by atoms with Crippen molar-refractivity contribution in [3.05, 3.63) is 23.8 Å². The summed E-state index contributed by atoms with van der Waals surface area (Å²) in [4.78, 5) is 0. The maximum absolute atomic E-state index is 11.2. The van der Waals surface area contributed by atoms with E-state index in [1.54, 1.807) is 18.2 Å². The van der Waals surface area contributed by atoms with Crippen molar-refractivity contribution in [3.8, 4) is 5.75 Å². The van der Waals surface area contributed by atoms with Crippen molar-refractivity contribution in [1.29, 1.82) is 0 Å². The monoisotopic (exact) mass is 231 g/mol. The molecule has 0 fully saturated rings. The van der Waals surface area contributed by atoms with Crippen molar-refractivity contribution in [2.75, 3.05) is 20.0 Å². The van der Waals surface area contributed by atoms with Gasteiger partial charge in [0.25, 0.3) is 10.1 Å². The Balaban J connectivity index is 3.08. The largest absolute Gasteiger partial charge is 0.496 e. The van der Waals surface area contributed by atoms with E-state index < -0.39 is 10.1 Å². The topological polar surface area (TPSA) is 78.6 Å². The van der Waals surface area contributed by atoms with Gasteiger partial charge in [-0.3, -0.25) is 4.18 Å². The third-order valence-corrected chi connectivity index (χ3v) is 3.06. The first-order valence-corrected chi connectivity index (χ1v) is 5.77. The van der Waals surface area contributed by atoms with E-state index >= 15 is 0 Å². The van der Waals surface area contributed by atoms with Gasteiger partial charge in [-0.2, -0.15) is 8.42 Å². The average Bonchev–Trinajstić information content (AvgIpc) is 2.18. The molecule has 0 saturated carbocycles. The summed E-state index contributed by atoms with van der Waals surface area (Å²) in [5.74, 6) is 0.224. The zero-order chi connectivity index (χ0) is 11.5. The number of hydrogen-bond acceptors (Lipinski definition) is 5. The standard InChI is InChI=1S/C9H13NO4S/c1-13-9-4-3-8(10)5-7(9)6-15(11,12)14-2/h3-5H,6,10H2,1-2H3. The summed E-state index contributed by atoms with van der Waals surface area (Å²) in [5, 5.41) is 0. The number of hydrogen-bond donors (Lipinski definition) is 1. The number of methoxy groups -OCH3 is 1. The molecule has 0 radical (unpaired) electrons. The molecule has 0 unspecified atom stereocenters. The Kier molecular flexibility index (Phi) is 3.54. The fourth-order valence-electron chi connectivity index (χ4n) is 1.16. The molecule has 0 aliphatic heterocycles. The molecule has 0 aliphatic carbocycles. The van der Waals surface area contributed by atoms with Crippen LogP contribution in [0.5, 0.6) is 5.75 Å². The van der Waals surface area contributed by atoms with E-state index in [0.29, 0.717) is 17.0 Å². The van der Waals surface area contributed by atoms with Crippen LogP contribution in [0.2, 0.25) is 0 Å². The van der Waals surface area contributed by atoms with Crippen molar-refractivity contribution in [2.45, 2.75) is 5.75 Å². The van der Waals surface area contributed by atoms with Gasteiger partial charge < -0.3 is 10.5 Å². The second-order valence-electron chi connectivity index (χ2n) is 2.94. The van der Waals surface area contributed by atoms with E-state index in [0.717, 1.165) is 7.11 Å². The van der Waals surface area contributed by atoms with Gasteiger partial charge >= 0.3 is 0 Å². The quantitative estimate of drug-likeness (QED) is 0.611. The molecule has 0 atom stereocenters. The van der Waals surface area contributed by atoms with Gasteiger partial charge in [-0.1, -0.05) is 0 Å². The highest BCUT2D eigenvalue weighted by Crippen LogP contribution is 2.23. The number of rotatable bonds is 4. The Labute approximate surface area is 88.9 Å². The summed E-state index contributed by atoms with van der Waals surface area (Å²) >= 11 is 0. The molecule has 0 bridgehead atoms. The lowest BCUT2D eigenvalue weighted by Gasteiger charge is -2.08. The third-order valence-electron chi connectivity index (χ3n) is 1.89. The minimum absolute atomic E-state index is 0.252. The lowest BCUT2D eigenvalue weighted by atomic mass is 10.2. The van der Waals surface area contributed by atoms with Crippen LogP contribution in [0.15, 0.2) is 18.2 Å². The first-order chi connectivity index (χ1) is 6.98. The Morgan fingerprint density at radius 2 is 2.00 bits per heavy atom. The van der Waals surface area contributed by atoms with Crippen LogP contribution in [-0.4, -0.2) is 22.6 Å². The van der Waals surface area contributed by atoms with Crippen molar-refractivity contribution in [2.24, 2.45) is 0 Å². The summed E-state index contributed by atoms with van der Waals surface area (Å²) in [6, 6.07) is 4.81. The minimum atomic E-state index is -3.56. The third kappa shape index (κ3) is 3.10. The van der Waals surface area contributed by atoms with Crippen molar-refractivity contribution in [3.63, 3.8) is 0 Å². The summed E-state index contributed by atoms with van der Waals surface area (Å²) in [7, 11) is -0.972. The van der Waals surface area contributed by atoms with Crippen LogP contribution in [0, 0.1) is 0 Å². The van der Waals surface area contributed by atoms with E-state index in [1.165, 1.54) is 7.11 Å². The van der Waals surface area contributed by atoms with Gasteiger partial charge in [-0.15, -0.1) is 0 Å². The van der Waals surface area contributed by atoms with Crippen molar-refractivity contribution in [1.82, 2.24) is 0 Å². The smallest absolute Gasteiger partial charge is 0.271 e. The molecule has 15 heavy (non-hydrogen) atoms. The zero-order valence-electron chi connectivity index (χ0n) is 8.56. The normalized spacial score (nSPS) is 11.3. The minimum Gasteiger partial charge on any atom is -0.496 e. The zero-order valence-corrected chi connectivity index (χ0v) is 9.37. The van der Waals surface area contributed by atoms with Gasteiger partial charge in [-0.05, 0) is 18.2 Å². The van der Waals surface area contributed by atoms with E-state index in [1.807, 2.05) is 0 Å². The highest BCUT2D eigenvalue weighted by Gasteiger charge is 2.14. The SMILES string of the molecule is COc1ccc(N)cc1CS(=O)(=O)OC. The molecule has 1 rings (SSSR count). The molecule has 0 amide bonds. The maximum atomic E-state index is 11.2. The molecule has 6 heteroatoms. The molecule has 1 aromatic rings. The summed E-state index contributed by atoms with van der Waals surface area (Å²) in [5.41, 5.74) is 6.52. The molecular weight excluding hydrogens is 218 g/mol. The molecule has 0 aromatic heterocycles.